The van der Waals surface area contributed by atoms with E-state index in [4.69, 9.17) is 0 Å². The topological polar surface area (TPSA) is 15.3 Å². The Balaban J connectivity index is 1.99. The van der Waals surface area contributed by atoms with E-state index in [1.54, 1.807) is 0 Å². The lowest BCUT2D eigenvalue weighted by atomic mass is 10.1. The molecule has 0 bridgehead atoms. The zero-order chi connectivity index (χ0) is 13.0. The quantitative estimate of drug-likeness (QED) is 0.906. The van der Waals surface area contributed by atoms with Gasteiger partial charge in [0.2, 0.25) is 0 Å². The number of likely N-dealkylation sites (tertiary alicyclic amines) is 1. The van der Waals surface area contributed by atoms with Crippen LogP contribution in [-0.4, -0.2) is 30.6 Å². The Kier molecular flexibility index (Phi) is 5.07. The van der Waals surface area contributed by atoms with Gasteiger partial charge in [0, 0.05) is 22.7 Å². The van der Waals surface area contributed by atoms with Crippen LogP contribution in [-0.2, 0) is 0 Å². The second-order valence-corrected chi connectivity index (χ2v) is 5.94. The maximum atomic E-state index is 3.70. The second-order valence-electron chi connectivity index (χ2n) is 5.14. The molecule has 1 heterocycles. The summed E-state index contributed by atoms with van der Waals surface area (Å²) < 4.78 is 1.21. The largest absolute Gasteiger partial charge is 0.381 e. The van der Waals surface area contributed by atoms with Gasteiger partial charge in [0.15, 0.2) is 0 Å². The Hall–Kier alpha value is -0.540. The summed E-state index contributed by atoms with van der Waals surface area (Å²) in [7, 11) is 0. The van der Waals surface area contributed by atoms with Crippen molar-refractivity contribution in [3.8, 4) is 0 Å². The van der Waals surface area contributed by atoms with Crippen molar-refractivity contribution in [1.82, 2.24) is 4.90 Å². The van der Waals surface area contributed by atoms with Gasteiger partial charge < -0.3 is 10.2 Å². The summed E-state index contributed by atoms with van der Waals surface area (Å²) >= 11 is 3.68. The van der Waals surface area contributed by atoms with Gasteiger partial charge >= 0.3 is 0 Å². The molecule has 1 saturated heterocycles. The van der Waals surface area contributed by atoms with Crippen molar-refractivity contribution in [2.24, 2.45) is 0 Å². The normalized spacial score (nSPS) is 21.6. The summed E-state index contributed by atoms with van der Waals surface area (Å²) in [6, 6.07) is 7.04. The van der Waals surface area contributed by atoms with Crippen LogP contribution in [0.1, 0.15) is 31.7 Å². The van der Waals surface area contributed by atoms with E-state index in [1.807, 2.05) is 0 Å². The van der Waals surface area contributed by atoms with Crippen LogP contribution in [0.15, 0.2) is 22.7 Å². The van der Waals surface area contributed by atoms with Crippen LogP contribution >= 0.6 is 15.9 Å². The van der Waals surface area contributed by atoms with E-state index in [2.05, 4.69) is 58.2 Å². The summed E-state index contributed by atoms with van der Waals surface area (Å²) in [6.45, 7) is 8.05. The van der Waals surface area contributed by atoms with Crippen LogP contribution < -0.4 is 5.32 Å². The third-order valence-electron chi connectivity index (χ3n) is 3.82. The molecule has 1 fully saturated rings. The molecule has 1 aliphatic rings. The molecule has 0 radical (unpaired) electrons. The highest BCUT2D eigenvalue weighted by atomic mass is 79.9. The first-order chi connectivity index (χ1) is 8.70. The third-order valence-corrected chi connectivity index (χ3v) is 4.87. The third kappa shape index (κ3) is 3.48. The number of hydrogen-bond donors (Lipinski definition) is 1. The Bertz CT molecular complexity index is 392. The second kappa shape index (κ2) is 6.58. The highest BCUT2D eigenvalue weighted by Gasteiger charge is 2.16. The van der Waals surface area contributed by atoms with Crippen molar-refractivity contribution in [2.45, 2.75) is 39.2 Å². The van der Waals surface area contributed by atoms with E-state index < -0.39 is 0 Å². The minimum Gasteiger partial charge on any atom is -0.381 e. The van der Waals surface area contributed by atoms with Gasteiger partial charge in [-0.3, -0.25) is 0 Å². The van der Waals surface area contributed by atoms with E-state index >= 15 is 0 Å². The molecule has 1 N–H and O–H groups in total. The molecule has 1 aromatic rings. The van der Waals surface area contributed by atoms with Crippen LogP contribution in [0, 0.1) is 6.92 Å². The van der Waals surface area contributed by atoms with Gasteiger partial charge in [0.1, 0.15) is 0 Å². The van der Waals surface area contributed by atoms with Crippen LogP contribution in [0.25, 0.3) is 0 Å². The van der Waals surface area contributed by atoms with Crippen molar-refractivity contribution < 1.29 is 0 Å². The van der Waals surface area contributed by atoms with Gasteiger partial charge in [-0.05, 0) is 66.8 Å². The maximum absolute atomic E-state index is 3.70. The van der Waals surface area contributed by atoms with Gasteiger partial charge in [-0.1, -0.05) is 19.1 Å². The van der Waals surface area contributed by atoms with Crippen molar-refractivity contribution in [2.75, 3.05) is 25.0 Å². The number of anilines is 1. The minimum absolute atomic E-state index is 0.611. The number of aryl methyl sites for hydroxylation is 1. The Morgan fingerprint density at radius 2 is 2.17 bits per heavy atom. The lowest BCUT2D eigenvalue weighted by molar-refractivity contribution is 0.300. The van der Waals surface area contributed by atoms with Crippen LogP contribution in [0.3, 0.4) is 0 Å². The molecule has 1 aliphatic heterocycles. The van der Waals surface area contributed by atoms with Gasteiger partial charge in [-0.15, -0.1) is 0 Å². The molecule has 0 aliphatic carbocycles. The summed E-state index contributed by atoms with van der Waals surface area (Å²) in [5, 5.41) is 3.70. The van der Waals surface area contributed by atoms with Gasteiger partial charge in [0.25, 0.3) is 0 Å². The molecule has 18 heavy (non-hydrogen) atoms. The first-order valence-electron chi connectivity index (χ1n) is 6.94. The molecule has 100 valence electrons. The number of nitrogens with one attached hydrogen (secondary N) is 1. The monoisotopic (exact) mass is 310 g/mol. The highest BCUT2D eigenvalue weighted by molar-refractivity contribution is 9.10. The number of nitrogens with zero attached hydrogens (tertiary/aromatic N) is 1. The van der Waals surface area contributed by atoms with Crippen molar-refractivity contribution in [3.63, 3.8) is 0 Å². The molecule has 0 saturated carbocycles. The lowest BCUT2D eigenvalue weighted by Gasteiger charge is -2.20. The van der Waals surface area contributed by atoms with Gasteiger partial charge in [-0.2, -0.15) is 0 Å². The SMILES string of the molecule is CCN1CCCC(Nc2cccc(C)c2Br)CC1. The fraction of sp³-hybridized carbons (Fsp3) is 0.600. The lowest BCUT2D eigenvalue weighted by Crippen LogP contribution is -2.26. The predicted octanol–water partition coefficient (Wildman–Crippen LogP) is 4.04. The van der Waals surface area contributed by atoms with Crippen molar-refractivity contribution in [1.29, 1.82) is 0 Å². The average Bonchev–Trinajstić information content (AvgIpc) is 2.60. The number of rotatable bonds is 3. The van der Waals surface area contributed by atoms with E-state index in [0.29, 0.717) is 6.04 Å². The summed E-state index contributed by atoms with van der Waals surface area (Å²) in [5.41, 5.74) is 2.54. The van der Waals surface area contributed by atoms with Crippen LogP contribution in [0.4, 0.5) is 5.69 Å². The fourth-order valence-electron chi connectivity index (χ4n) is 2.60. The molecule has 2 rings (SSSR count). The standard InChI is InChI=1S/C15H23BrN2/c1-3-18-10-5-7-13(9-11-18)17-14-8-4-6-12(2)15(14)16/h4,6,8,13,17H,3,5,7,9-11H2,1-2H3. The molecule has 0 spiro atoms. The molecule has 0 amide bonds. The Morgan fingerprint density at radius 3 is 2.94 bits per heavy atom. The summed E-state index contributed by atoms with van der Waals surface area (Å²) in [5.74, 6) is 0. The maximum Gasteiger partial charge on any atom is 0.0489 e. The summed E-state index contributed by atoms with van der Waals surface area (Å²) in [4.78, 5) is 2.55. The molecule has 0 aromatic heterocycles. The molecular weight excluding hydrogens is 288 g/mol. The molecule has 1 unspecified atom stereocenters. The van der Waals surface area contributed by atoms with Gasteiger partial charge in [0.05, 0.1) is 0 Å². The van der Waals surface area contributed by atoms with Crippen LogP contribution in [0.5, 0.6) is 0 Å². The average molecular weight is 311 g/mol. The molecule has 2 nitrogen and oxygen atoms in total. The predicted molar refractivity (Wildman–Crippen MR) is 82.3 cm³/mol. The Labute approximate surface area is 119 Å². The smallest absolute Gasteiger partial charge is 0.0489 e. The molecule has 3 heteroatoms. The number of halogens is 1. The van der Waals surface area contributed by atoms with E-state index in [0.717, 1.165) is 0 Å². The Morgan fingerprint density at radius 1 is 1.33 bits per heavy atom. The number of hydrogen-bond acceptors (Lipinski definition) is 2. The van der Waals surface area contributed by atoms with E-state index in [1.165, 1.54) is 54.6 Å². The highest BCUT2D eigenvalue weighted by Crippen LogP contribution is 2.27. The van der Waals surface area contributed by atoms with E-state index in [9.17, 15) is 0 Å². The minimum atomic E-state index is 0.611. The van der Waals surface area contributed by atoms with Crippen LogP contribution in [0.2, 0.25) is 0 Å². The molecule has 1 atom stereocenters. The fourth-order valence-corrected chi connectivity index (χ4v) is 2.97. The molecular formula is C15H23BrN2. The van der Waals surface area contributed by atoms with Gasteiger partial charge in [-0.25, -0.2) is 0 Å². The van der Waals surface area contributed by atoms with Crippen molar-refractivity contribution in [3.05, 3.63) is 28.2 Å². The molecule has 1 aromatic carbocycles. The zero-order valence-electron chi connectivity index (χ0n) is 11.4. The first-order valence-corrected chi connectivity index (χ1v) is 7.74. The zero-order valence-corrected chi connectivity index (χ0v) is 13.0. The van der Waals surface area contributed by atoms with E-state index in [-0.39, 0.29) is 0 Å². The van der Waals surface area contributed by atoms with Crippen molar-refractivity contribution >= 4 is 21.6 Å². The summed E-state index contributed by atoms with van der Waals surface area (Å²) in [6.07, 6.45) is 3.82. The first kappa shape index (κ1) is 13.9. The number of benzene rings is 1.